The van der Waals surface area contributed by atoms with Crippen molar-refractivity contribution in [1.29, 1.82) is 0 Å². The van der Waals surface area contributed by atoms with E-state index in [4.69, 9.17) is 5.73 Å². The van der Waals surface area contributed by atoms with Crippen molar-refractivity contribution in [2.75, 3.05) is 6.54 Å². The van der Waals surface area contributed by atoms with E-state index in [0.717, 1.165) is 30.1 Å². The number of aromatic amines is 1. The van der Waals surface area contributed by atoms with Crippen molar-refractivity contribution in [1.82, 2.24) is 15.2 Å². The smallest absolute Gasteiger partial charge is 0.181 e. The molecule has 0 radical (unpaired) electrons. The van der Waals surface area contributed by atoms with Crippen LogP contribution in [0.4, 0.5) is 0 Å². The number of H-pyrrole nitrogens is 1. The number of nitrogens with one attached hydrogen (secondary N) is 1. The minimum Gasteiger partial charge on any atom is -0.330 e. The van der Waals surface area contributed by atoms with Crippen molar-refractivity contribution in [2.45, 2.75) is 12.8 Å². The highest BCUT2D eigenvalue weighted by molar-refractivity contribution is 5.55. The molecule has 3 N–H and O–H groups in total. The molecule has 1 heterocycles. The first-order chi connectivity index (χ1) is 8.33. The number of benzene rings is 1. The van der Waals surface area contributed by atoms with Crippen LogP contribution in [0.25, 0.3) is 11.4 Å². The molecular weight excluding hydrogens is 212 g/mol. The molecule has 17 heavy (non-hydrogen) atoms. The summed E-state index contributed by atoms with van der Waals surface area (Å²) in [5.74, 6) is 1.55. The Morgan fingerprint density at radius 3 is 2.71 bits per heavy atom. The van der Waals surface area contributed by atoms with Crippen LogP contribution in [0.2, 0.25) is 0 Å². The molecule has 88 valence electrons. The Bertz CT molecular complexity index is 484. The average molecular weight is 228 g/mol. The molecule has 0 aliphatic carbocycles. The Balaban J connectivity index is 2.17. The highest BCUT2D eigenvalue weighted by Crippen LogP contribution is 2.15. The summed E-state index contributed by atoms with van der Waals surface area (Å²) in [5.41, 5.74) is 7.71. The van der Waals surface area contributed by atoms with Crippen molar-refractivity contribution < 1.29 is 0 Å². The van der Waals surface area contributed by atoms with Crippen LogP contribution in [0.15, 0.2) is 36.9 Å². The van der Waals surface area contributed by atoms with E-state index < -0.39 is 0 Å². The number of allylic oxidation sites excluding steroid dienone is 1. The number of nitrogens with zero attached hydrogens (tertiary/aromatic N) is 2. The molecule has 0 atom stereocenters. The predicted octanol–water partition coefficient (Wildman–Crippen LogP) is 1.70. The Hall–Kier alpha value is -1.94. The van der Waals surface area contributed by atoms with Gasteiger partial charge in [0.05, 0.1) is 0 Å². The summed E-state index contributed by atoms with van der Waals surface area (Å²) in [4.78, 5) is 4.38. The van der Waals surface area contributed by atoms with E-state index in [1.807, 2.05) is 18.2 Å². The van der Waals surface area contributed by atoms with Gasteiger partial charge in [0.1, 0.15) is 5.82 Å². The fraction of sp³-hybridized carbons (Fsp3) is 0.231. The Morgan fingerprint density at radius 2 is 2.06 bits per heavy atom. The maximum Gasteiger partial charge on any atom is 0.181 e. The molecule has 1 aromatic carbocycles. The third kappa shape index (κ3) is 2.79. The monoisotopic (exact) mass is 228 g/mol. The molecule has 0 aliphatic heterocycles. The molecule has 0 bridgehead atoms. The molecule has 4 heteroatoms. The fourth-order valence-corrected chi connectivity index (χ4v) is 1.63. The van der Waals surface area contributed by atoms with E-state index in [-0.39, 0.29) is 0 Å². The topological polar surface area (TPSA) is 67.6 Å². The lowest BCUT2D eigenvalue weighted by Crippen LogP contribution is -2.03. The molecule has 0 aliphatic rings. The highest BCUT2D eigenvalue weighted by Gasteiger charge is 2.04. The molecule has 0 spiro atoms. The van der Waals surface area contributed by atoms with E-state index in [2.05, 4.69) is 33.9 Å². The molecular formula is C13H16N4. The molecule has 2 rings (SSSR count). The van der Waals surface area contributed by atoms with Gasteiger partial charge >= 0.3 is 0 Å². The van der Waals surface area contributed by atoms with Crippen molar-refractivity contribution in [3.63, 3.8) is 0 Å². The first kappa shape index (κ1) is 11.5. The van der Waals surface area contributed by atoms with Crippen LogP contribution in [0.3, 0.4) is 0 Å². The zero-order valence-corrected chi connectivity index (χ0v) is 9.69. The van der Waals surface area contributed by atoms with Gasteiger partial charge in [-0.15, -0.1) is 6.58 Å². The minimum absolute atomic E-state index is 0.576. The Kier molecular flexibility index (Phi) is 3.67. The van der Waals surface area contributed by atoms with Gasteiger partial charge in [0.25, 0.3) is 0 Å². The molecule has 0 amide bonds. The van der Waals surface area contributed by atoms with Crippen molar-refractivity contribution in [2.24, 2.45) is 5.73 Å². The van der Waals surface area contributed by atoms with E-state index in [0.29, 0.717) is 6.54 Å². The summed E-state index contributed by atoms with van der Waals surface area (Å²) in [7, 11) is 0. The van der Waals surface area contributed by atoms with Gasteiger partial charge in [0.2, 0.25) is 0 Å². The molecule has 0 saturated carbocycles. The number of aromatic nitrogens is 3. The lowest BCUT2D eigenvalue weighted by Gasteiger charge is -1.98. The molecule has 1 aromatic heterocycles. The minimum atomic E-state index is 0.576. The van der Waals surface area contributed by atoms with Crippen molar-refractivity contribution >= 4 is 0 Å². The maximum atomic E-state index is 5.46. The zero-order chi connectivity index (χ0) is 12.1. The third-order valence-corrected chi connectivity index (χ3v) is 2.51. The van der Waals surface area contributed by atoms with Gasteiger partial charge in [-0.25, -0.2) is 4.98 Å². The summed E-state index contributed by atoms with van der Waals surface area (Å²) >= 11 is 0. The number of nitrogens with two attached hydrogens (primary N) is 1. The van der Waals surface area contributed by atoms with Crippen LogP contribution in [0.5, 0.6) is 0 Å². The van der Waals surface area contributed by atoms with Crippen molar-refractivity contribution in [3.8, 4) is 11.4 Å². The summed E-state index contributed by atoms with van der Waals surface area (Å²) in [6.45, 7) is 4.30. The maximum absolute atomic E-state index is 5.46. The average Bonchev–Trinajstić information content (AvgIpc) is 2.80. The first-order valence-electron chi connectivity index (χ1n) is 5.65. The normalized spacial score (nSPS) is 10.4. The largest absolute Gasteiger partial charge is 0.330 e. The standard InChI is InChI=1S/C13H16N4/c1-2-3-10-4-6-11(7-5-10)13-15-12(8-9-14)16-17-13/h2,4-7H,1,3,8-9,14H2,(H,15,16,17). The van der Waals surface area contributed by atoms with Crippen LogP contribution >= 0.6 is 0 Å². The van der Waals surface area contributed by atoms with Gasteiger partial charge < -0.3 is 5.73 Å². The van der Waals surface area contributed by atoms with Gasteiger partial charge in [-0.3, -0.25) is 5.10 Å². The second-order valence-corrected chi connectivity index (χ2v) is 3.83. The fourth-order valence-electron chi connectivity index (χ4n) is 1.63. The lowest BCUT2D eigenvalue weighted by molar-refractivity contribution is 0.874. The van der Waals surface area contributed by atoms with Crippen LogP contribution in [-0.4, -0.2) is 21.7 Å². The van der Waals surface area contributed by atoms with E-state index >= 15 is 0 Å². The quantitative estimate of drug-likeness (QED) is 0.765. The van der Waals surface area contributed by atoms with Crippen molar-refractivity contribution in [3.05, 3.63) is 48.3 Å². The van der Waals surface area contributed by atoms with E-state index in [1.54, 1.807) is 0 Å². The van der Waals surface area contributed by atoms with Gasteiger partial charge in [-0.2, -0.15) is 5.10 Å². The van der Waals surface area contributed by atoms with E-state index in [1.165, 1.54) is 5.56 Å². The first-order valence-corrected chi connectivity index (χ1v) is 5.65. The van der Waals surface area contributed by atoms with Gasteiger partial charge in [-0.1, -0.05) is 30.3 Å². The third-order valence-electron chi connectivity index (χ3n) is 2.51. The summed E-state index contributed by atoms with van der Waals surface area (Å²) in [6, 6.07) is 8.18. The highest BCUT2D eigenvalue weighted by atomic mass is 15.2. The summed E-state index contributed by atoms with van der Waals surface area (Å²) in [6.07, 6.45) is 3.50. The number of hydrogen-bond acceptors (Lipinski definition) is 3. The van der Waals surface area contributed by atoms with Gasteiger partial charge in [0.15, 0.2) is 5.82 Å². The zero-order valence-electron chi connectivity index (χ0n) is 9.69. The summed E-state index contributed by atoms with van der Waals surface area (Å²) < 4.78 is 0. The number of rotatable bonds is 5. The van der Waals surface area contributed by atoms with E-state index in [9.17, 15) is 0 Å². The van der Waals surface area contributed by atoms with Crippen LogP contribution in [0.1, 0.15) is 11.4 Å². The predicted molar refractivity (Wildman–Crippen MR) is 68.5 cm³/mol. The Morgan fingerprint density at radius 1 is 1.29 bits per heavy atom. The number of hydrogen-bond donors (Lipinski definition) is 2. The van der Waals surface area contributed by atoms with Crippen LogP contribution in [-0.2, 0) is 12.8 Å². The molecule has 0 fully saturated rings. The molecule has 2 aromatic rings. The summed E-state index contributed by atoms with van der Waals surface area (Å²) in [5, 5.41) is 7.06. The van der Waals surface area contributed by atoms with Crippen LogP contribution < -0.4 is 5.73 Å². The second-order valence-electron chi connectivity index (χ2n) is 3.83. The van der Waals surface area contributed by atoms with Gasteiger partial charge in [0, 0.05) is 12.0 Å². The lowest BCUT2D eigenvalue weighted by atomic mass is 10.1. The molecule has 4 nitrogen and oxygen atoms in total. The molecule has 0 unspecified atom stereocenters. The van der Waals surface area contributed by atoms with Crippen LogP contribution in [0, 0.1) is 0 Å². The van der Waals surface area contributed by atoms with Gasteiger partial charge in [-0.05, 0) is 18.5 Å². The SMILES string of the molecule is C=CCc1ccc(-c2n[nH]c(CCN)n2)cc1. The Labute approximate surface area is 101 Å². The second kappa shape index (κ2) is 5.41. The molecule has 0 saturated heterocycles.